The first kappa shape index (κ1) is 27.1. The van der Waals surface area contributed by atoms with Crippen molar-refractivity contribution in [2.45, 2.75) is 39.3 Å². The predicted molar refractivity (Wildman–Crippen MR) is 158 cm³/mol. The van der Waals surface area contributed by atoms with Gasteiger partial charge >= 0.3 is 5.69 Å². The lowest BCUT2D eigenvalue weighted by molar-refractivity contribution is 0.607. The number of sulfonamides is 1. The Labute approximate surface area is 236 Å². The van der Waals surface area contributed by atoms with Crippen molar-refractivity contribution in [3.63, 3.8) is 0 Å². The minimum Gasteiger partial charge on any atom is -0.338 e. The number of hydrogen-bond donors (Lipinski definition) is 2. The molecule has 0 bridgehead atoms. The molecule has 0 saturated heterocycles. The summed E-state index contributed by atoms with van der Waals surface area (Å²) in [5.41, 5.74) is -0.931. The Morgan fingerprint density at radius 2 is 1.79 bits per heavy atom. The number of fused-ring (bicyclic) bond motifs is 1. The quantitative estimate of drug-likeness (QED) is 0.290. The van der Waals surface area contributed by atoms with E-state index in [4.69, 9.17) is 0 Å². The van der Waals surface area contributed by atoms with Crippen molar-refractivity contribution < 1.29 is 12.8 Å². The normalized spacial score (nSPS) is 13.6. The van der Waals surface area contributed by atoms with Gasteiger partial charge in [0, 0.05) is 21.7 Å². The Bertz CT molecular complexity index is 1940. The molecule has 4 aromatic rings. The molecule has 5 rings (SSSR count). The number of nitrogens with zero attached hydrogens (tertiary/aromatic N) is 3. The minimum absolute atomic E-state index is 0.0554. The summed E-state index contributed by atoms with van der Waals surface area (Å²) < 4.78 is 45.4. The summed E-state index contributed by atoms with van der Waals surface area (Å²) in [6.45, 7) is 3.44. The first-order valence-electron chi connectivity index (χ1n) is 12.2. The van der Waals surface area contributed by atoms with Crippen LogP contribution in [0.5, 0.6) is 0 Å². The molecule has 0 spiro atoms. The SMILES string of the molecule is CCn1c(Nc2ccc(I)cc2F)c2c(=O)n(C3CC3)c(=O)n(-c3cccc(NS(C)(=O)=O)c3)c2c(C)c1=O. The molecule has 2 aromatic carbocycles. The molecule has 2 N–H and O–H groups in total. The average Bonchev–Trinajstić information content (AvgIpc) is 3.68. The van der Waals surface area contributed by atoms with Crippen LogP contribution in [0.3, 0.4) is 0 Å². The van der Waals surface area contributed by atoms with Gasteiger partial charge in [-0.3, -0.25) is 28.0 Å². The van der Waals surface area contributed by atoms with Gasteiger partial charge in [-0.05, 0) is 85.7 Å². The van der Waals surface area contributed by atoms with Crippen LogP contribution in [0, 0.1) is 16.3 Å². The van der Waals surface area contributed by atoms with E-state index in [-0.39, 0.29) is 51.9 Å². The lowest BCUT2D eigenvalue weighted by Gasteiger charge is -2.22. The summed E-state index contributed by atoms with van der Waals surface area (Å²) in [7, 11) is -3.61. The van der Waals surface area contributed by atoms with Crippen LogP contribution >= 0.6 is 22.6 Å². The van der Waals surface area contributed by atoms with Crippen molar-refractivity contribution in [2.24, 2.45) is 0 Å². The number of pyridine rings is 1. The standard InChI is InChI=1S/C26H25FIN5O5S/c1-4-31-23(29-20-11-8-15(28)12-19(20)27)21-22(14(2)24(31)34)32(26(36)33(25(21)35)17-9-10-17)18-7-5-6-16(13-18)30-39(3,37)38/h5-8,11-13,17,29-30H,4,9-10H2,1-3H3. The average molecular weight is 665 g/mol. The number of aromatic nitrogens is 3. The summed E-state index contributed by atoms with van der Waals surface area (Å²) in [4.78, 5) is 41.4. The predicted octanol–water partition coefficient (Wildman–Crippen LogP) is 3.84. The Kier molecular flexibility index (Phi) is 6.91. The minimum atomic E-state index is -3.61. The number of rotatable bonds is 7. The van der Waals surface area contributed by atoms with Gasteiger partial charge in [0.1, 0.15) is 17.0 Å². The Morgan fingerprint density at radius 1 is 1.08 bits per heavy atom. The van der Waals surface area contributed by atoms with Crippen LogP contribution in [0.25, 0.3) is 16.6 Å². The number of halogens is 2. The van der Waals surface area contributed by atoms with E-state index in [2.05, 4.69) is 10.0 Å². The Balaban J connectivity index is 1.92. The summed E-state index contributed by atoms with van der Waals surface area (Å²) in [5.74, 6) is -0.497. The molecule has 204 valence electrons. The zero-order valence-corrected chi connectivity index (χ0v) is 24.3. The fraction of sp³-hybridized carbons (Fsp3) is 0.269. The van der Waals surface area contributed by atoms with Gasteiger partial charge in [0.2, 0.25) is 10.0 Å². The number of anilines is 3. The lowest BCUT2D eigenvalue weighted by Crippen LogP contribution is -2.41. The van der Waals surface area contributed by atoms with Crippen molar-refractivity contribution in [3.05, 3.63) is 88.6 Å². The van der Waals surface area contributed by atoms with Crippen LogP contribution in [0.2, 0.25) is 0 Å². The van der Waals surface area contributed by atoms with Gasteiger partial charge in [0.25, 0.3) is 11.1 Å². The van der Waals surface area contributed by atoms with Crippen molar-refractivity contribution in [1.29, 1.82) is 0 Å². The highest BCUT2D eigenvalue weighted by atomic mass is 127. The van der Waals surface area contributed by atoms with E-state index in [9.17, 15) is 27.2 Å². The van der Waals surface area contributed by atoms with Crippen LogP contribution in [0.4, 0.5) is 21.6 Å². The number of nitrogens with one attached hydrogen (secondary N) is 2. The second-order valence-electron chi connectivity index (χ2n) is 9.44. The summed E-state index contributed by atoms with van der Waals surface area (Å²) >= 11 is 1.98. The molecular formula is C26H25FIN5O5S. The third kappa shape index (κ3) is 5.00. The fourth-order valence-corrected chi connectivity index (χ4v) is 5.71. The molecule has 1 aliphatic carbocycles. The van der Waals surface area contributed by atoms with Crippen LogP contribution < -0.4 is 26.8 Å². The molecule has 0 unspecified atom stereocenters. The van der Waals surface area contributed by atoms with Gasteiger partial charge in [-0.2, -0.15) is 0 Å². The molecular weight excluding hydrogens is 640 g/mol. The van der Waals surface area contributed by atoms with Gasteiger partial charge in [-0.1, -0.05) is 6.07 Å². The highest BCUT2D eigenvalue weighted by Crippen LogP contribution is 2.34. The second kappa shape index (κ2) is 9.93. The zero-order chi connectivity index (χ0) is 28.2. The third-order valence-electron chi connectivity index (χ3n) is 6.54. The number of aryl methyl sites for hydroxylation is 1. The molecule has 39 heavy (non-hydrogen) atoms. The molecule has 1 aliphatic rings. The van der Waals surface area contributed by atoms with E-state index in [0.717, 1.165) is 6.26 Å². The van der Waals surface area contributed by atoms with E-state index in [0.29, 0.717) is 16.4 Å². The highest BCUT2D eigenvalue weighted by Gasteiger charge is 2.32. The third-order valence-corrected chi connectivity index (χ3v) is 7.82. The molecule has 2 aromatic heterocycles. The van der Waals surface area contributed by atoms with Crippen LogP contribution in [-0.4, -0.2) is 28.4 Å². The zero-order valence-electron chi connectivity index (χ0n) is 21.3. The van der Waals surface area contributed by atoms with Gasteiger partial charge in [0.05, 0.1) is 28.8 Å². The highest BCUT2D eigenvalue weighted by molar-refractivity contribution is 14.1. The van der Waals surface area contributed by atoms with E-state index >= 15 is 0 Å². The van der Waals surface area contributed by atoms with Crippen LogP contribution in [-0.2, 0) is 16.6 Å². The van der Waals surface area contributed by atoms with E-state index in [1.54, 1.807) is 25.1 Å². The Morgan fingerprint density at radius 3 is 2.41 bits per heavy atom. The molecule has 1 fully saturated rings. The largest absolute Gasteiger partial charge is 0.338 e. The first-order valence-corrected chi connectivity index (χ1v) is 15.1. The molecule has 13 heteroatoms. The smallest absolute Gasteiger partial charge is 0.336 e. The van der Waals surface area contributed by atoms with E-state index in [1.807, 2.05) is 22.6 Å². The molecule has 0 radical (unpaired) electrons. The monoisotopic (exact) mass is 665 g/mol. The maximum Gasteiger partial charge on any atom is 0.336 e. The maximum absolute atomic E-state index is 14.9. The van der Waals surface area contributed by atoms with Gasteiger partial charge in [0.15, 0.2) is 0 Å². The molecule has 1 saturated carbocycles. The Hall–Kier alpha value is -3.46. The molecule has 0 aliphatic heterocycles. The van der Waals surface area contributed by atoms with Gasteiger partial charge < -0.3 is 5.32 Å². The number of benzene rings is 2. The fourth-order valence-electron chi connectivity index (χ4n) is 4.70. The molecule has 0 amide bonds. The van der Waals surface area contributed by atoms with Crippen molar-refractivity contribution in [2.75, 3.05) is 16.3 Å². The first-order chi connectivity index (χ1) is 18.4. The van der Waals surface area contributed by atoms with Gasteiger partial charge in [-0.25, -0.2) is 17.6 Å². The molecule has 10 nitrogen and oxygen atoms in total. The van der Waals surface area contributed by atoms with Crippen molar-refractivity contribution in [3.8, 4) is 5.69 Å². The number of hydrogen-bond acceptors (Lipinski definition) is 6. The summed E-state index contributed by atoms with van der Waals surface area (Å²) in [6, 6.07) is 10.4. The maximum atomic E-state index is 14.9. The summed E-state index contributed by atoms with van der Waals surface area (Å²) in [6.07, 6.45) is 2.28. The van der Waals surface area contributed by atoms with Crippen molar-refractivity contribution in [1.82, 2.24) is 13.7 Å². The summed E-state index contributed by atoms with van der Waals surface area (Å²) in [5, 5.41) is 3.02. The van der Waals surface area contributed by atoms with Crippen LogP contribution in [0.1, 0.15) is 31.4 Å². The topological polar surface area (TPSA) is 124 Å². The lowest BCUT2D eigenvalue weighted by atomic mass is 10.1. The molecule has 0 atom stereocenters. The van der Waals surface area contributed by atoms with E-state index in [1.165, 1.54) is 44.9 Å². The van der Waals surface area contributed by atoms with Crippen LogP contribution in [0.15, 0.2) is 56.8 Å². The van der Waals surface area contributed by atoms with E-state index < -0.39 is 32.6 Å². The molecule has 2 heterocycles. The van der Waals surface area contributed by atoms with Gasteiger partial charge in [-0.15, -0.1) is 0 Å². The van der Waals surface area contributed by atoms with Crippen molar-refractivity contribution >= 4 is 60.7 Å². The second-order valence-corrected chi connectivity index (χ2v) is 12.4.